The number of nitrogens with one attached hydrogen (secondary N) is 2. The van der Waals surface area contributed by atoms with Crippen LogP contribution < -0.4 is 21.1 Å². The lowest BCUT2D eigenvalue weighted by Gasteiger charge is -2.07. The van der Waals surface area contributed by atoms with E-state index >= 15 is 0 Å². The molecule has 0 heterocycles. The number of rotatable bonds is 7. The first-order chi connectivity index (χ1) is 12.5. The number of nitrogens with two attached hydrogens (primary N) is 1. The number of halogens is 1. The molecule has 6 nitrogen and oxygen atoms in total. The lowest BCUT2D eigenvalue weighted by Crippen LogP contribution is -2.27. The summed E-state index contributed by atoms with van der Waals surface area (Å²) in [4.78, 5) is 12.1. The van der Waals surface area contributed by atoms with Gasteiger partial charge in [0.1, 0.15) is 17.4 Å². The molecule has 7 heteroatoms. The molecule has 4 N–H and O–H groups in total. The van der Waals surface area contributed by atoms with Crippen molar-refractivity contribution in [2.24, 2.45) is 0 Å². The van der Waals surface area contributed by atoms with E-state index in [1.165, 1.54) is 6.20 Å². The molecule has 0 spiro atoms. The minimum absolute atomic E-state index is 0.0485. The van der Waals surface area contributed by atoms with Crippen molar-refractivity contribution in [2.45, 2.75) is 6.42 Å². The van der Waals surface area contributed by atoms with Crippen LogP contribution in [0.5, 0.6) is 5.75 Å². The fraction of sp³-hybridized carbons (Fsp3) is 0.158. The van der Waals surface area contributed by atoms with Crippen molar-refractivity contribution in [1.82, 2.24) is 5.32 Å². The van der Waals surface area contributed by atoms with Gasteiger partial charge in [0.15, 0.2) is 0 Å². The Morgan fingerprint density at radius 2 is 2.04 bits per heavy atom. The summed E-state index contributed by atoms with van der Waals surface area (Å²) in [6.07, 6.45) is 1.96. The molecule has 0 aromatic heterocycles. The van der Waals surface area contributed by atoms with Crippen molar-refractivity contribution in [2.75, 3.05) is 24.7 Å². The fourth-order valence-electron chi connectivity index (χ4n) is 2.15. The number of carbonyl (C=O) groups excluding carboxylic acids is 1. The average Bonchev–Trinajstić information content (AvgIpc) is 2.64. The van der Waals surface area contributed by atoms with Crippen molar-refractivity contribution in [3.8, 4) is 11.8 Å². The van der Waals surface area contributed by atoms with Gasteiger partial charge in [-0.25, -0.2) is 0 Å². The molecule has 0 aliphatic carbocycles. The monoisotopic (exact) mass is 370 g/mol. The van der Waals surface area contributed by atoms with Crippen molar-refractivity contribution in [3.63, 3.8) is 0 Å². The van der Waals surface area contributed by atoms with E-state index in [1.54, 1.807) is 25.3 Å². The molecule has 2 rings (SSSR count). The third-order valence-electron chi connectivity index (χ3n) is 3.59. The first-order valence-electron chi connectivity index (χ1n) is 7.86. The van der Waals surface area contributed by atoms with Crippen LogP contribution in [-0.4, -0.2) is 19.6 Å². The Balaban J connectivity index is 1.90. The largest absolute Gasteiger partial charge is 0.497 e. The maximum Gasteiger partial charge on any atom is 0.263 e. The maximum absolute atomic E-state index is 12.1. The van der Waals surface area contributed by atoms with Gasteiger partial charge in [-0.05, 0) is 42.3 Å². The normalized spacial score (nSPS) is 10.7. The Morgan fingerprint density at radius 3 is 2.65 bits per heavy atom. The molecule has 2 aromatic carbocycles. The van der Waals surface area contributed by atoms with E-state index in [2.05, 4.69) is 10.6 Å². The van der Waals surface area contributed by atoms with Gasteiger partial charge in [-0.2, -0.15) is 5.26 Å². The SMILES string of the molecule is COc1ccc(CCNC(=O)/C(C#N)=C\Nc2ccc(N)cc2Cl)cc1. The molecule has 2 aromatic rings. The molecule has 0 unspecified atom stereocenters. The van der Waals surface area contributed by atoms with E-state index in [0.717, 1.165) is 11.3 Å². The second kappa shape index (κ2) is 9.35. The minimum atomic E-state index is -0.458. The van der Waals surface area contributed by atoms with Gasteiger partial charge in [0, 0.05) is 18.4 Å². The van der Waals surface area contributed by atoms with Gasteiger partial charge in [0.05, 0.1) is 17.8 Å². The minimum Gasteiger partial charge on any atom is -0.497 e. The van der Waals surface area contributed by atoms with Gasteiger partial charge in [-0.15, -0.1) is 0 Å². The maximum atomic E-state index is 12.1. The summed E-state index contributed by atoms with van der Waals surface area (Å²) in [5, 5.41) is 15.1. The Morgan fingerprint density at radius 1 is 1.31 bits per heavy atom. The van der Waals surface area contributed by atoms with Crippen LogP contribution >= 0.6 is 11.6 Å². The number of hydrogen-bond donors (Lipinski definition) is 3. The Bertz CT molecular complexity index is 842. The Kier molecular flexibility index (Phi) is 6.89. The van der Waals surface area contributed by atoms with E-state index in [4.69, 9.17) is 22.1 Å². The average molecular weight is 371 g/mol. The molecular formula is C19H19ClN4O2. The third-order valence-corrected chi connectivity index (χ3v) is 3.90. The molecule has 26 heavy (non-hydrogen) atoms. The number of nitrogens with zero attached hydrogens (tertiary/aromatic N) is 1. The predicted molar refractivity (Wildman–Crippen MR) is 103 cm³/mol. The summed E-state index contributed by atoms with van der Waals surface area (Å²) in [5.74, 6) is 0.319. The lowest BCUT2D eigenvalue weighted by atomic mass is 10.1. The van der Waals surface area contributed by atoms with Crippen LogP contribution in [0, 0.1) is 11.3 Å². The highest BCUT2D eigenvalue weighted by Gasteiger charge is 2.09. The van der Waals surface area contributed by atoms with Crippen LogP contribution in [0.25, 0.3) is 0 Å². The third kappa shape index (κ3) is 5.43. The number of methoxy groups -OCH3 is 1. The van der Waals surface area contributed by atoms with Gasteiger partial charge in [-0.3, -0.25) is 4.79 Å². The van der Waals surface area contributed by atoms with Crippen LogP contribution in [-0.2, 0) is 11.2 Å². The highest BCUT2D eigenvalue weighted by molar-refractivity contribution is 6.33. The quantitative estimate of drug-likeness (QED) is 0.395. The summed E-state index contributed by atoms with van der Waals surface area (Å²) >= 11 is 6.04. The molecular weight excluding hydrogens is 352 g/mol. The van der Waals surface area contributed by atoms with Gasteiger partial charge in [-0.1, -0.05) is 23.7 Å². The highest BCUT2D eigenvalue weighted by Crippen LogP contribution is 2.24. The highest BCUT2D eigenvalue weighted by atomic mass is 35.5. The fourth-order valence-corrected chi connectivity index (χ4v) is 2.40. The molecule has 0 atom stereocenters. The van der Waals surface area contributed by atoms with Crippen molar-refractivity contribution in [1.29, 1.82) is 5.26 Å². The summed E-state index contributed by atoms with van der Waals surface area (Å²) in [6.45, 7) is 0.410. The van der Waals surface area contributed by atoms with Crippen LogP contribution in [0.3, 0.4) is 0 Å². The van der Waals surface area contributed by atoms with E-state index < -0.39 is 5.91 Å². The molecule has 0 aliphatic rings. The first kappa shape index (κ1) is 19.2. The number of nitriles is 1. The molecule has 0 saturated heterocycles. The molecule has 0 radical (unpaired) electrons. The zero-order valence-corrected chi connectivity index (χ0v) is 15.0. The molecule has 0 bridgehead atoms. The van der Waals surface area contributed by atoms with Crippen LogP contribution in [0.2, 0.25) is 5.02 Å². The van der Waals surface area contributed by atoms with Crippen LogP contribution in [0.4, 0.5) is 11.4 Å². The van der Waals surface area contributed by atoms with E-state index in [-0.39, 0.29) is 5.57 Å². The number of amides is 1. The van der Waals surface area contributed by atoms with Crippen molar-refractivity contribution in [3.05, 3.63) is 64.8 Å². The number of hydrogen-bond acceptors (Lipinski definition) is 5. The van der Waals surface area contributed by atoms with Crippen molar-refractivity contribution >= 4 is 28.9 Å². The number of ether oxygens (including phenoxy) is 1. The number of benzene rings is 2. The second-order valence-corrected chi connectivity index (χ2v) is 5.81. The van der Waals surface area contributed by atoms with Crippen molar-refractivity contribution < 1.29 is 9.53 Å². The van der Waals surface area contributed by atoms with Gasteiger partial charge >= 0.3 is 0 Å². The zero-order valence-electron chi connectivity index (χ0n) is 14.3. The lowest BCUT2D eigenvalue weighted by molar-refractivity contribution is -0.117. The van der Waals surface area contributed by atoms with Crippen LogP contribution in [0.15, 0.2) is 54.2 Å². The molecule has 1 amide bonds. The number of nitrogen functional groups attached to an aromatic ring is 1. The predicted octanol–water partition coefficient (Wildman–Crippen LogP) is 3.11. The van der Waals surface area contributed by atoms with E-state index in [1.807, 2.05) is 30.3 Å². The summed E-state index contributed by atoms with van der Waals surface area (Å²) in [7, 11) is 1.61. The standard InChI is InChI=1S/C19H19ClN4O2/c1-26-16-5-2-13(3-6-16)8-9-23-19(25)14(11-21)12-24-18-7-4-15(22)10-17(18)20/h2-7,10,12,24H,8-9,22H2,1H3,(H,23,25)/b14-12-. The van der Waals surface area contributed by atoms with E-state index in [0.29, 0.717) is 29.4 Å². The number of carbonyl (C=O) groups is 1. The van der Waals surface area contributed by atoms with Gasteiger partial charge in [0.25, 0.3) is 5.91 Å². The molecule has 0 fully saturated rings. The zero-order chi connectivity index (χ0) is 18.9. The molecule has 0 saturated carbocycles. The summed E-state index contributed by atoms with van der Waals surface area (Å²) < 4.78 is 5.10. The topological polar surface area (TPSA) is 100 Å². The smallest absolute Gasteiger partial charge is 0.263 e. The molecule has 134 valence electrons. The Hall–Kier alpha value is -3.17. The van der Waals surface area contributed by atoms with Crippen LogP contribution in [0.1, 0.15) is 5.56 Å². The van der Waals surface area contributed by atoms with Gasteiger partial charge < -0.3 is 21.1 Å². The number of anilines is 2. The molecule has 0 aliphatic heterocycles. The van der Waals surface area contributed by atoms with E-state index in [9.17, 15) is 10.1 Å². The second-order valence-electron chi connectivity index (χ2n) is 5.41. The first-order valence-corrected chi connectivity index (χ1v) is 8.24. The van der Waals surface area contributed by atoms with Gasteiger partial charge in [0.2, 0.25) is 0 Å². The summed E-state index contributed by atoms with van der Waals surface area (Å²) in [6, 6.07) is 14.4. The Labute approximate surface area is 157 Å². The summed E-state index contributed by atoms with van der Waals surface area (Å²) in [5.41, 5.74) is 7.72.